The van der Waals surface area contributed by atoms with Crippen molar-refractivity contribution in [2.45, 2.75) is 13.0 Å². The molecule has 0 amide bonds. The van der Waals surface area contributed by atoms with Crippen LogP contribution in [0.3, 0.4) is 0 Å². The van der Waals surface area contributed by atoms with Gasteiger partial charge in [0.25, 0.3) is 5.56 Å². The van der Waals surface area contributed by atoms with Gasteiger partial charge < -0.3 is 5.11 Å². The number of H-pyrrole nitrogens is 2. The Labute approximate surface area is 72.0 Å². The van der Waals surface area contributed by atoms with Crippen molar-refractivity contribution in [3.63, 3.8) is 0 Å². The van der Waals surface area contributed by atoms with Crippen molar-refractivity contribution in [2.75, 3.05) is 0 Å². The van der Waals surface area contributed by atoms with E-state index in [9.17, 15) is 9.59 Å². The van der Waals surface area contributed by atoms with Crippen LogP contribution in [0.2, 0.25) is 5.15 Å². The Bertz CT molecular complexity index is 393. The number of aliphatic hydroxyl groups excluding tert-OH is 1. The molecule has 1 aromatic rings. The van der Waals surface area contributed by atoms with Crippen molar-refractivity contribution >= 4 is 11.6 Å². The average molecular weight is 191 g/mol. The van der Waals surface area contributed by atoms with Gasteiger partial charge in [-0.1, -0.05) is 11.6 Å². The van der Waals surface area contributed by atoms with Gasteiger partial charge in [0.05, 0.1) is 11.7 Å². The molecule has 1 rings (SSSR count). The third-order valence-electron chi connectivity index (χ3n) is 1.35. The number of hydrogen-bond donors (Lipinski definition) is 3. The summed E-state index contributed by atoms with van der Waals surface area (Å²) in [5.74, 6) is 0. The fourth-order valence-electron chi connectivity index (χ4n) is 0.842. The molecule has 0 aromatic carbocycles. The molecule has 1 aromatic heterocycles. The maximum atomic E-state index is 11.0. The number of halogens is 1. The Kier molecular flexibility index (Phi) is 2.35. The minimum absolute atomic E-state index is 0.0312. The molecule has 0 bridgehead atoms. The van der Waals surface area contributed by atoms with Gasteiger partial charge in [-0.05, 0) is 6.92 Å². The molecule has 66 valence electrons. The van der Waals surface area contributed by atoms with E-state index < -0.39 is 17.4 Å². The first-order valence-electron chi connectivity index (χ1n) is 3.22. The normalized spacial score (nSPS) is 12.9. The second-order valence-electron chi connectivity index (χ2n) is 2.31. The number of aromatic nitrogens is 2. The van der Waals surface area contributed by atoms with Crippen molar-refractivity contribution in [3.8, 4) is 0 Å². The van der Waals surface area contributed by atoms with Gasteiger partial charge in [0.1, 0.15) is 5.15 Å². The third-order valence-corrected chi connectivity index (χ3v) is 1.65. The van der Waals surface area contributed by atoms with Gasteiger partial charge >= 0.3 is 5.69 Å². The van der Waals surface area contributed by atoms with Gasteiger partial charge in [0.2, 0.25) is 0 Å². The summed E-state index contributed by atoms with van der Waals surface area (Å²) in [4.78, 5) is 25.7. The van der Waals surface area contributed by atoms with E-state index in [2.05, 4.69) is 4.98 Å². The molecule has 0 saturated heterocycles. The summed E-state index contributed by atoms with van der Waals surface area (Å²) in [7, 11) is 0. The Hall–Kier alpha value is -1.07. The highest BCUT2D eigenvalue weighted by Gasteiger charge is 2.11. The Morgan fingerprint density at radius 3 is 2.42 bits per heavy atom. The molecule has 1 heterocycles. The van der Waals surface area contributed by atoms with E-state index in [0.717, 1.165) is 0 Å². The molecular formula is C6H7ClN2O3. The molecular weight excluding hydrogens is 184 g/mol. The topological polar surface area (TPSA) is 85.9 Å². The van der Waals surface area contributed by atoms with Gasteiger partial charge in [0.15, 0.2) is 0 Å². The molecule has 0 radical (unpaired) electrons. The van der Waals surface area contributed by atoms with Gasteiger partial charge in [-0.3, -0.25) is 14.8 Å². The van der Waals surface area contributed by atoms with Crippen LogP contribution in [0.1, 0.15) is 18.6 Å². The smallest absolute Gasteiger partial charge is 0.326 e. The average Bonchev–Trinajstić information content (AvgIpc) is 1.82. The number of nitrogens with one attached hydrogen (secondary N) is 2. The number of rotatable bonds is 1. The SMILES string of the molecule is CC(O)c1c(Cl)[nH]c(=O)[nH]c1=O. The summed E-state index contributed by atoms with van der Waals surface area (Å²) in [6.07, 6.45) is -1.00. The van der Waals surface area contributed by atoms with Crippen LogP contribution >= 0.6 is 11.6 Å². The molecule has 0 aliphatic rings. The summed E-state index contributed by atoms with van der Waals surface area (Å²) >= 11 is 5.49. The zero-order valence-corrected chi connectivity index (χ0v) is 6.97. The highest BCUT2D eigenvalue weighted by atomic mass is 35.5. The van der Waals surface area contributed by atoms with Crippen LogP contribution in [0.15, 0.2) is 9.59 Å². The van der Waals surface area contributed by atoms with Crippen molar-refractivity contribution in [3.05, 3.63) is 31.6 Å². The highest BCUT2D eigenvalue weighted by molar-refractivity contribution is 6.30. The molecule has 0 fully saturated rings. The van der Waals surface area contributed by atoms with Crippen molar-refractivity contribution in [1.82, 2.24) is 9.97 Å². The number of aliphatic hydroxyl groups is 1. The van der Waals surface area contributed by atoms with E-state index in [-0.39, 0.29) is 10.7 Å². The zero-order valence-electron chi connectivity index (χ0n) is 6.22. The third kappa shape index (κ3) is 1.57. The number of aromatic amines is 2. The first kappa shape index (κ1) is 9.02. The molecule has 5 nitrogen and oxygen atoms in total. The first-order chi connectivity index (χ1) is 5.52. The highest BCUT2D eigenvalue weighted by Crippen LogP contribution is 2.13. The van der Waals surface area contributed by atoms with E-state index in [1.807, 2.05) is 4.98 Å². The predicted molar refractivity (Wildman–Crippen MR) is 43.3 cm³/mol. The van der Waals surface area contributed by atoms with Crippen molar-refractivity contribution < 1.29 is 5.11 Å². The number of hydrogen-bond acceptors (Lipinski definition) is 3. The van der Waals surface area contributed by atoms with Crippen LogP contribution in [0.5, 0.6) is 0 Å². The Morgan fingerprint density at radius 2 is 2.00 bits per heavy atom. The van der Waals surface area contributed by atoms with Crippen LogP contribution in [0, 0.1) is 0 Å². The van der Waals surface area contributed by atoms with Crippen LogP contribution in [-0.4, -0.2) is 15.1 Å². The van der Waals surface area contributed by atoms with E-state index in [0.29, 0.717) is 0 Å². The van der Waals surface area contributed by atoms with Crippen molar-refractivity contribution in [2.24, 2.45) is 0 Å². The molecule has 6 heteroatoms. The van der Waals surface area contributed by atoms with Crippen LogP contribution in [0.4, 0.5) is 0 Å². The van der Waals surface area contributed by atoms with Gasteiger partial charge in [0, 0.05) is 0 Å². The minimum atomic E-state index is -1.00. The summed E-state index contributed by atoms with van der Waals surface area (Å²) < 4.78 is 0. The summed E-state index contributed by atoms with van der Waals surface area (Å²) in [6, 6.07) is 0. The molecule has 0 aliphatic carbocycles. The van der Waals surface area contributed by atoms with Crippen LogP contribution < -0.4 is 11.2 Å². The maximum Gasteiger partial charge on any atom is 0.326 e. The largest absolute Gasteiger partial charge is 0.388 e. The van der Waals surface area contributed by atoms with Gasteiger partial charge in [-0.15, -0.1) is 0 Å². The lowest BCUT2D eigenvalue weighted by Crippen LogP contribution is -2.26. The quantitative estimate of drug-likeness (QED) is 0.535. The fourth-order valence-corrected chi connectivity index (χ4v) is 1.17. The van der Waals surface area contributed by atoms with Crippen LogP contribution in [-0.2, 0) is 0 Å². The molecule has 0 aliphatic heterocycles. The monoisotopic (exact) mass is 190 g/mol. The van der Waals surface area contributed by atoms with E-state index in [1.165, 1.54) is 6.92 Å². The molecule has 3 N–H and O–H groups in total. The van der Waals surface area contributed by atoms with E-state index in [4.69, 9.17) is 16.7 Å². The Balaban J connectivity index is 3.49. The lowest BCUT2D eigenvalue weighted by atomic mass is 10.2. The second-order valence-corrected chi connectivity index (χ2v) is 2.69. The Morgan fingerprint density at radius 1 is 1.42 bits per heavy atom. The summed E-state index contributed by atoms with van der Waals surface area (Å²) in [5, 5.41) is 8.92. The predicted octanol–water partition coefficient (Wildman–Crippen LogP) is -0.230. The maximum absolute atomic E-state index is 11.0. The molecule has 0 spiro atoms. The summed E-state index contributed by atoms with van der Waals surface area (Å²) in [6.45, 7) is 1.38. The zero-order chi connectivity index (χ0) is 9.30. The van der Waals surface area contributed by atoms with Crippen molar-refractivity contribution in [1.29, 1.82) is 0 Å². The van der Waals surface area contributed by atoms with E-state index in [1.54, 1.807) is 0 Å². The summed E-state index contributed by atoms with van der Waals surface area (Å²) in [5.41, 5.74) is -1.38. The first-order valence-corrected chi connectivity index (χ1v) is 3.60. The lowest BCUT2D eigenvalue weighted by molar-refractivity contribution is 0.197. The van der Waals surface area contributed by atoms with Gasteiger partial charge in [-0.25, -0.2) is 4.79 Å². The molecule has 1 unspecified atom stereocenters. The second kappa shape index (κ2) is 3.12. The molecule has 1 atom stereocenters. The fraction of sp³-hybridized carbons (Fsp3) is 0.333. The lowest BCUT2D eigenvalue weighted by Gasteiger charge is -2.03. The van der Waals surface area contributed by atoms with Gasteiger partial charge in [-0.2, -0.15) is 0 Å². The van der Waals surface area contributed by atoms with Crippen LogP contribution in [0.25, 0.3) is 0 Å². The standard InChI is InChI=1S/C6H7ClN2O3/c1-2(10)3-4(7)8-6(12)9-5(3)11/h2,10H,1H3,(H2,8,9,11,12). The molecule has 0 saturated carbocycles. The van der Waals surface area contributed by atoms with E-state index >= 15 is 0 Å². The molecule has 12 heavy (non-hydrogen) atoms. The minimum Gasteiger partial charge on any atom is -0.388 e.